The number of quaternary nitrogens is 1. The number of morpholine rings is 1. The Balaban J connectivity index is 1.41. The zero-order valence-electron chi connectivity index (χ0n) is 14.9. The van der Waals surface area contributed by atoms with Gasteiger partial charge in [-0.3, -0.25) is 10.3 Å². The molecule has 0 saturated carbocycles. The standard InChI is InChI=1S/C20H27N3O2/c1-16(14-20(21)25-13-10-23-8-11-24-12-9-23)22-19-7-6-17-4-2-3-5-18(17)15-19/h2-7,15-16,21-22H,8-14H2,1H3/p+1. The number of nitrogens with zero attached hydrogens (tertiary/aromatic N) is 1. The molecule has 2 aromatic rings. The predicted molar refractivity (Wildman–Crippen MR) is 101 cm³/mol. The van der Waals surface area contributed by atoms with Crippen LogP contribution in [0, 0.1) is 5.41 Å². The monoisotopic (exact) mass is 342 g/mol. The number of benzene rings is 2. The van der Waals surface area contributed by atoms with Gasteiger partial charge < -0.3 is 14.8 Å². The Morgan fingerprint density at radius 2 is 1.96 bits per heavy atom. The highest BCUT2D eigenvalue weighted by atomic mass is 16.5. The van der Waals surface area contributed by atoms with Crippen LogP contribution >= 0.6 is 0 Å². The molecule has 5 heteroatoms. The number of nitrogens with one attached hydrogen (secondary N) is 1. The topological polar surface area (TPSA) is 62.2 Å². The minimum absolute atomic E-state index is 0.275. The first-order valence-electron chi connectivity index (χ1n) is 9.05. The molecule has 0 aliphatic carbocycles. The number of ether oxygens (including phenoxy) is 2. The molecule has 0 aromatic heterocycles. The van der Waals surface area contributed by atoms with Crippen molar-refractivity contribution in [2.45, 2.75) is 19.4 Å². The van der Waals surface area contributed by atoms with Crippen LogP contribution in [0.15, 0.2) is 42.5 Å². The number of hydrogen-bond acceptors (Lipinski definition) is 4. The molecule has 3 rings (SSSR count). The zero-order chi connectivity index (χ0) is 17.5. The van der Waals surface area contributed by atoms with Crippen LogP contribution in [0.1, 0.15) is 13.3 Å². The van der Waals surface area contributed by atoms with Crippen LogP contribution < -0.4 is 5.32 Å². The summed E-state index contributed by atoms with van der Waals surface area (Å²) in [7, 11) is 0. The summed E-state index contributed by atoms with van der Waals surface area (Å²) in [6.45, 7) is 7.11. The third kappa shape index (κ3) is 5.53. The zero-order valence-corrected chi connectivity index (χ0v) is 14.9. The highest BCUT2D eigenvalue weighted by Gasteiger charge is 2.13. The van der Waals surface area contributed by atoms with E-state index < -0.39 is 0 Å². The first kappa shape index (κ1) is 17.9. The molecule has 1 heterocycles. The van der Waals surface area contributed by atoms with Gasteiger partial charge in [0.05, 0.1) is 25.7 Å². The lowest BCUT2D eigenvalue weighted by molar-refractivity contribution is -0.605. The molecule has 1 aliphatic heterocycles. The van der Waals surface area contributed by atoms with E-state index in [1.165, 1.54) is 16.5 Å². The number of hydrogen-bond donors (Lipinski definition) is 2. The molecular weight excluding hydrogens is 314 g/mol. The van der Waals surface area contributed by atoms with Crippen molar-refractivity contribution in [3.05, 3.63) is 42.5 Å². The fourth-order valence-corrected chi connectivity index (χ4v) is 3.17. The second kappa shape index (κ2) is 8.94. The maximum atomic E-state index is 8.05. The molecule has 134 valence electrons. The van der Waals surface area contributed by atoms with E-state index in [4.69, 9.17) is 14.9 Å². The lowest BCUT2D eigenvalue weighted by Crippen LogP contribution is -2.83. The van der Waals surface area contributed by atoms with Gasteiger partial charge in [0.25, 0.3) is 0 Å². The summed E-state index contributed by atoms with van der Waals surface area (Å²) < 4.78 is 10.9. The molecule has 1 atom stereocenters. The molecule has 0 spiro atoms. The Kier molecular flexibility index (Phi) is 6.39. The summed E-state index contributed by atoms with van der Waals surface area (Å²) in [6.07, 6.45) is 0.635. The van der Waals surface area contributed by atoms with Gasteiger partial charge >= 0.3 is 0 Å². The summed E-state index contributed by atoms with van der Waals surface area (Å²) in [5.74, 6) is 0.373. The first-order chi connectivity index (χ1) is 12.2. The molecule has 0 radical (unpaired) electrons. The molecule has 1 aliphatic rings. The minimum atomic E-state index is 0.275. The Morgan fingerprint density at radius 3 is 2.76 bits per heavy atom. The Hall–Kier alpha value is -1.95. The Labute approximate surface area is 149 Å². The number of rotatable bonds is 7. The van der Waals surface area contributed by atoms with Gasteiger partial charge in [-0.05, 0) is 29.8 Å². The number of fused-ring (bicyclic) bond motifs is 1. The molecule has 5 nitrogen and oxygen atoms in total. The van der Waals surface area contributed by atoms with Crippen molar-refractivity contribution in [3.8, 4) is 0 Å². The van der Waals surface area contributed by atoms with Gasteiger partial charge in [0, 0.05) is 25.7 Å². The maximum absolute atomic E-state index is 8.05. The Morgan fingerprint density at radius 1 is 1.20 bits per heavy atom. The van der Waals surface area contributed by atoms with Crippen LogP contribution in [0.4, 0.5) is 5.69 Å². The molecule has 1 saturated heterocycles. The van der Waals surface area contributed by atoms with Crippen LogP contribution in [0.2, 0.25) is 0 Å². The van der Waals surface area contributed by atoms with Gasteiger partial charge in [-0.25, -0.2) is 0 Å². The van der Waals surface area contributed by atoms with Gasteiger partial charge in [0.2, 0.25) is 0 Å². The van der Waals surface area contributed by atoms with E-state index in [1.807, 2.05) is 0 Å². The van der Waals surface area contributed by atoms with Crippen molar-refractivity contribution in [3.63, 3.8) is 0 Å². The van der Waals surface area contributed by atoms with E-state index in [1.54, 1.807) is 0 Å². The summed E-state index contributed by atoms with van der Waals surface area (Å²) in [5.41, 5.74) is 1.20. The molecule has 25 heavy (non-hydrogen) atoms. The first-order valence-corrected chi connectivity index (χ1v) is 9.05. The largest absolute Gasteiger partial charge is 0.480 e. The molecule has 0 amide bonds. The second-order valence-electron chi connectivity index (χ2n) is 6.68. The van der Waals surface area contributed by atoms with Gasteiger partial charge in [-0.15, -0.1) is 0 Å². The Bertz CT molecular complexity index is 698. The third-order valence-corrected chi connectivity index (χ3v) is 4.55. The fourth-order valence-electron chi connectivity index (χ4n) is 3.17. The van der Waals surface area contributed by atoms with Crippen molar-refractivity contribution in [1.29, 1.82) is 5.41 Å². The highest BCUT2D eigenvalue weighted by molar-refractivity contribution is 5.84. The summed E-state index contributed by atoms with van der Waals surface area (Å²) in [5, 5.41) is 12.8. The van der Waals surface area contributed by atoms with E-state index in [0.717, 1.165) is 32.8 Å². The second-order valence-corrected chi connectivity index (χ2v) is 6.68. The summed E-state index contributed by atoms with van der Waals surface area (Å²) in [4.78, 5) is 2.32. The van der Waals surface area contributed by atoms with Gasteiger partial charge in [-0.1, -0.05) is 24.3 Å². The molecule has 1 fully saturated rings. The molecule has 3 N–H and O–H groups in total. The quantitative estimate of drug-likeness (QED) is 0.460. The fraction of sp³-hybridized carbons (Fsp3) is 0.450. The molecule has 1 unspecified atom stereocenters. The van der Waals surface area contributed by atoms with Crippen molar-refractivity contribution in [2.75, 3.05) is 39.5 Å². The van der Waals surface area contributed by atoms with E-state index >= 15 is 0 Å². The van der Waals surface area contributed by atoms with Crippen molar-refractivity contribution in [2.24, 2.45) is 0 Å². The van der Waals surface area contributed by atoms with E-state index in [0.29, 0.717) is 18.9 Å². The average Bonchev–Trinajstić information content (AvgIpc) is 2.62. The highest BCUT2D eigenvalue weighted by Crippen LogP contribution is 2.16. The average molecular weight is 342 g/mol. The van der Waals surface area contributed by atoms with E-state index in [-0.39, 0.29) is 6.04 Å². The molecule has 2 aromatic carbocycles. The predicted octanol–water partition coefficient (Wildman–Crippen LogP) is 2.14. The van der Waals surface area contributed by atoms with Crippen LogP contribution in [-0.4, -0.2) is 56.3 Å². The van der Waals surface area contributed by atoms with Crippen molar-refractivity contribution < 1.29 is 14.8 Å². The molecular formula is C20H28N3O2+. The van der Waals surface area contributed by atoms with Crippen LogP contribution in [0.5, 0.6) is 0 Å². The van der Waals surface area contributed by atoms with Crippen LogP contribution in [-0.2, 0) is 9.47 Å². The van der Waals surface area contributed by atoms with Crippen LogP contribution in [0.3, 0.4) is 0 Å². The smallest absolute Gasteiger partial charge is 0.186 e. The lowest BCUT2D eigenvalue weighted by atomic mass is 10.1. The van der Waals surface area contributed by atoms with Gasteiger partial charge in [0.1, 0.15) is 12.3 Å². The summed E-state index contributed by atoms with van der Waals surface area (Å²) >= 11 is 0. The normalized spacial score (nSPS) is 16.7. The van der Waals surface area contributed by atoms with E-state index in [2.05, 4.69) is 59.6 Å². The van der Waals surface area contributed by atoms with Crippen molar-refractivity contribution >= 4 is 22.4 Å². The maximum Gasteiger partial charge on any atom is 0.186 e. The van der Waals surface area contributed by atoms with Crippen molar-refractivity contribution in [1.82, 2.24) is 4.90 Å². The van der Waals surface area contributed by atoms with Gasteiger partial charge in [-0.2, -0.15) is 0 Å². The third-order valence-electron chi connectivity index (χ3n) is 4.55. The summed E-state index contributed by atoms with van der Waals surface area (Å²) in [6, 6.07) is 15.2. The molecule has 0 bridgehead atoms. The SMILES string of the molecule is CC(CC(=N)OCCN1CCOCC1)[NH2+]c1ccc2ccccc2c1. The van der Waals surface area contributed by atoms with Gasteiger partial charge in [0.15, 0.2) is 5.90 Å². The minimum Gasteiger partial charge on any atom is -0.480 e. The van der Waals surface area contributed by atoms with E-state index in [9.17, 15) is 0 Å². The lowest BCUT2D eigenvalue weighted by Gasteiger charge is -2.26. The van der Waals surface area contributed by atoms with Crippen LogP contribution in [0.25, 0.3) is 10.8 Å². The number of nitrogens with two attached hydrogens (primary N) is 1.